The van der Waals surface area contributed by atoms with Crippen LogP contribution in [0.15, 0.2) is 72.8 Å². The van der Waals surface area contributed by atoms with Gasteiger partial charge < -0.3 is 15.0 Å². The van der Waals surface area contributed by atoms with Crippen molar-refractivity contribution in [3.8, 4) is 5.75 Å². The number of amides is 2. The van der Waals surface area contributed by atoms with Crippen molar-refractivity contribution in [1.82, 2.24) is 4.90 Å². The number of hydrogen-bond donors (Lipinski definition) is 1. The predicted octanol–water partition coefficient (Wildman–Crippen LogP) is 5.66. The zero-order valence-corrected chi connectivity index (χ0v) is 18.4. The van der Waals surface area contributed by atoms with E-state index in [-0.39, 0.29) is 24.9 Å². The summed E-state index contributed by atoms with van der Waals surface area (Å²) < 4.78 is 45.3. The smallest absolute Gasteiger partial charge is 0.416 e. The second-order valence-corrected chi connectivity index (χ2v) is 8.05. The molecular formula is C26H23F3N2O3. The average Bonchev–Trinajstić information content (AvgIpc) is 2.95. The third-order valence-corrected chi connectivity index (χ3v) is 5.57. The summed E-state index contributed by atoms with van der Waals surface area (Å²) in [7, 11) is 0. The van der Waals surface area contributed by atoms with Gasteiger partial charge in [-0.3, -0.25) is 9.59 Å². The molecule has 0 unspecified atom stereocenters. The van der Waals surface area contributed by atoms with Crippen LogP contribution in [0.3, 0.4) is 0 Å². The van der Waals surface area contributed by atoms with E-state index in [1.165, 1.54) is 11.0 Å². The number of benzene rings is 3. The normalized spacial score (nSPS) is 15.8. The van der Waals surface area contributed by atoms with E-state index in [4.69, 9.17) is 4.74 Å². The van der Waals surface area contributed by atoms with Gasteiger partial charge in [-0.2, -0.15) is 13.2 Å². The fourth-order valence-corrected chi connectivity index (χ4v) is 3.84. The SMILES string of the molecule is CC[C@H]1Oc2ccc(NC(=O)c3ccccc3)cc2CN(Cc2cccc(C(F)(F)F)c2)C1=O. The molecule has 0 saturated heterocycles. The minimum Gasteiger partial charge on any atom is -0.480 e. The number of carbonyl (C=O) groups is 2. The Bertz CT molecular complexity index is 1200. The van der Waals surface area contributed by atoms with Gasteiger partial charge in [0.25, 0.3) is 11.8 Å². The number of anilines is 1. The van der Waals surface area contributed by atoms with Crippen molar-refractivity contribution >= 4 is 17.5 Å². The summed E-state index contributed by atoms with van der Waals surface area (Å²) in [5.41, 5.74) is 1.29. The number of ether oxygens (including phenoxy) is 1. The summed E-state index contributed by atoms with van der Waals surface area (Å²) in [4.78, 5) is 27.1. The summed E-state index contributed by atoms with van der Waals surface area (Å²) >= 11 is 0. The predicted molar refractivity (Wildman–Crippen MR) is 121 cm³/mol. The van der Waals surface area contributed by atoms with Gasteiger partial charge in [-0.25, -0.2) is 0 Å². The Morgan fingerprint density at radius 2 is 1.82 bits per heavy atom. The van der Waals surface area contributed by atoms with Gasteiger partial charge in [0.2, 0.25) is 0 Å². The van der Waals surface area contributed by atoms with E-state index >= 15 is 0 Å². The number of nitrogens with one attached hydrogen (secondary N) is 1. The van der Waals surface area contributed by atoms with Gasteiger partial charge >= 0.3 is 6.18 Å². The van der Waals surface area contributed by atoms with Gasteiger partial charge in [-0.05, 0) is 54.4 Å². The van der Waals surface area contributed by atoms with Crippen molar-refractivity contribution in [3.63, 3.8) is 0 Å². The molecule has 5 nitrogen and oxygen atoms in total. The second kappa shape index (κ2) is 9.59. The van der Waals surface area contributed by atoms with Gasteiger partial charge in [-0.15, -0.1) is 0 Å². The molecule has 0 spiro atoms. The molecular weight excluding hydrogens is 445 g/mol. The van der Waals surface area contributed by atoms with Crippen LogP contribution < -0.4 is 10.1 Å². The first-order valence-electron chi connectivity index (χ1n) is 10.9. The van der Waals surface area contributed by atoms with Crippen molar-refractivity contribution < 1.29 is 27.5 Å². The molecule has 0 bridgehead atoms. The van der Waals surface area contributed by atoms with Gasteiger partial charge in [0, 0.05) is 29.9 Å². The largest absolute Gasteiger partial charge is 0.480 e. The van der Waals surface area contributed by atoms with E-state index in [9.17, 15) is 22.8 Å². The van der Waals surface area contributed by atoms with Crippen LogP contribution in [0.2, 0.25) is 0 Å². The van der Waals surface area contributed by atoms with Crippen LogP contribution in [0.1, 0.15) is 40.4 Å². The number of fused-ring (bicyclic) bond motifs is 1. The van der Waals surface area contributed by atoms with E-state index in [1.807, 2.05) is 13.0 Å². The monoisotopic (exact) mass is 468 g/mol. The molecule has 8 heteroatoms. The number of carbonyl (C=O) groups excluding carboxylic acids is 2. The van der Waals surface area contributed by atoms with Crippen LogP contribution in [-0.2, 0) is 24.1 Å². The van der Waals surface area contributed by atoms with E-state index in [0.717, 1.165) is 12.1 Å². The van der Waals surface area contributed by atoms with Crippen molar-refractivity contribution in [3.05, 3.63) is 95.1 Å². The highest BCUT2D eigenvalue weighted by atomic mass is 19.4. The number of alkyl halides is 3. The zero-order chi connectivity index (χ0) is 24.3. The standard InChI is InChI=1S/C26H23F3N2O3/c1-2-22-25(33)31(15-17-7-6-10-20(13-17)26(27,28)29)16-19-14-21(11-12-23(19)34-22)30-24(32)18-8-4-3-5-9-18/h3-14,22H,2,15-16H2,1H3,(H,30,32)/t22-/m1/s1. The lowest BCUT2D eigenvalue weighted by molar-refractivity contribution is -0.139. The molecule has 0 aromatic heterocycles. The number of hydrogen-bond acceptors (Lipinski definition) is 3. The second-order valence-electron chi connectivity index (χ2n) is 8.05. The van der Waals surface area contributed by atoms with Gasteiger partial charge in [0.1, 0.15) is 5.75 Å². The molecule has 1 atom stereocenters. The molecule has 1 aliphatic heterocycles. The topological polar surface area (TPSA) is 58.6 Å². The first kappa shape index (κ1) is 23.4. The molecule has 4 rings (SSSR count). The van der Waals surface area contributed by atoms with E-state index in [2.05, 4.69) is 5.32 Å². The Labute approximate surface area is 195 Å². The maximum atomic E-state index is 13.1. The van der Waals surface area contributed by atoms with Crippen LogP contribution >= 0.6 is 0 Å². The highest BCUT2D eigenvalue weighted by molar-refractivity contribution is 6.04. The van der Waals surface area contributed by atoms with Gasteiger partial charge in [0.05, 0.1) is 5.56 Å². The van der Waals surface area contributed by atoms with Crippen molar-refractivity contribution in [2.45, 2.75) is 38.7 Å². The molecule has 0 aliphatic carbocycles. The first-order chi connectivity index (χ1) is 16.2. The Morgan fingerprint density at radius 3 is 2.53 bits per heavy atom. The molecule has 1 heterocycles. The zero-order valence-electron chi connectivity index (χ0n) is 18.4. The molecule has 3 aromatic carbocycles. The summed E-state index contributed by atoms with van der Waals surface area (Å²) in [5.74, 6) is -0.0751. The molecule has 1 aliphatic rings. The average molecular weight is 468 g/mol. The summed E-state index contributed by atoms with van der Waals surface area (Å²) in [6.07, 6.45) is -4.81. The highest BCUT2D eigenvalue weighted by Crippen LogP contribution is 2.32. The molecule has 0 fully saturated rings. The van der Waals surface area contributed by atoms with Crippen LogP contribution in [0.5, 0.6) is 5.75 Å². The lowest BCUT2D eigenvalue weighted by Crippen LogP contribution is -2.38. The Balaban J connectivity index is 1.60. The lowest BCUT2D eigenvalue weighted by atomic mass is 10.1. The molecule has 0 saturated carbocycles. The number of rotatable bonds is 5. The highest BCUT2D eigenvalue weighted by Gasteiger charge is 2.32. The maximum absolute atomic E-state index is 13.1. The number of nitrogens with zero attached hydrogens (tertiary/aromatic N) is 1. The van der Waals surface area contributed by atoms with Gasteiger partial charge in [0.15, 0.2) is 6.10 Å². The third-order valence-electron chi connectivity index (χ3n) is 5.57. The minimum absolute atomic E-state index is 0.00263. The molecule has 1 N–H and O–H groups in total. The van der Waals surface area contributed by atoms with Crippen LogP contribution in [0, 0.1) is 0 Å². The van der Waals surface area contributed by atoms with E-state index < -0.39 is 17.8 Å². The maximum Gasteiger partial charge on any atom is 0.416 e. The van der Waals surface area contributed by atoms with Crippen molar-refractivity contribution in [1.29, 1.82) is 0 Å². The fourth-order valence-electron chi connectivity index (χ4n) is 3.84. The third kappa shape index (κ3) is 5.22. The van der Waals surface area contributed by atoms with Crippen LogP contribution in [-0.4, -0.2) is 22.8 Å². The van der Waals surface area contributed by atoms with E-state index in [1.54, 1.807) is 48.5 Å². The van der Waals surface area contributed by atoms with Gasteiger partial charge in [-0.1, -0.05) is 37.3 Å². The van der Waals surface area contributed by atoms with Crippen LogP contribution in [0.4, 0.5) is 18.9 Å². The summed E-state index contributed by atoms with van der Waals surface area (Å²) in [6, 6.07) is 18.8. The summed E-state index contributed by atoms with van der Waals surface area (Å²) in [6.45, 7) is 1.95. The minimum atomic E-state index is -4.47. The Kier molecular flexibility index (Phi) is 6.58. The lowest BCUT2D eigenvalue weighted by Gasteiger charge is -2.23. The molecule has 3 aromatic rings. The Hall–Kier alpha value is -3.81. The Morgan fingerprint density at radius 1 is 1.06 bits per heavy atom. The fraction of sp³-hybridized carbons (Fsp3) is 0.231. The quantitative estimate of drug-likeness (QED) is 0.526. The molecule has 34 heavy (non-hydrogen) atoms. The molecule has 176 valence electrons. The van der Waals surface area contributed by atoms with Crippen molar-refractivity contribution in [2.75, 3.05) is 5.32 Å². The first-order valence-corrected chi connectivity index (χ1v) is 10.9. The molecule has 2 amide bonds. The van der Waals surface area contributed by atoms with Crippen molar-refractivity contribution in [2.24, 2.45) is 0 Å². The van der Waals surface area contributed by atoms with E-state index in [0.29, 0.717) is 34.5 Å². The number of halogens is 3. The van der Waals surface area contributed by atoms with Crippen LogP contribution in [0.25, 0.3) is 0 Å². The summed E-state index contributed by atoms with van der Waals surface area (Å²) in [5, 5.41) is 2.83. The molecule has 0 radical (unpaired) electrons.